The lowest BCUT2D eigenvalue weighted by molar-refractivity contribution is 0.0641. The number of amides is 1. The molecular formula is C15H21NO3. The molecule has 2 N–H and O–H groups in total. The summed E-state index contributed by atoms with van der Waals surface area (Å²) in [4.78, 5) is 12.2. The quantitative estimate of drug-likeness (QED) is 0.855. The molecule has 0 saturated heterocycles. The van der Waals surface area contributed by atoms with Gasteiger partial charge in [0.05, 0.1) is 18.2 Å². The Morgan fingerprint density at radius 2 is 2.21 bits per heavy atom. The Balaban J connectivity index is 2.06. The zero-order valence-electron chi connectivity index (χ0n) is 11.5. The maximum atomic E-state index is 12.2. The second kappa shape index (κ2) is 5.61. The maximum Gasteiger partial charge on any atom is 0.251 e. The van der Waals surface area contributed by atoms with E-state index in [1.807, 2.05) is 19.9 Å². The van der Waals surface area contributed by atoms with E-state index >= 15 is 0 Å². The summed E-state index contributed by atoms with van der Waals surface area (Å²) in [5.74, 6) is 0.539. The van der Waals surface area contributed by atoms with Gasteiger partial charge < -0.3 is 15.2 Å². The molecule has 1 saturated carbocycles. The molecule has 104 valence electrons. The second-order valence-electron chi connectivity index (χ2n) is 5.44. The van der Waals surface area contributed by atoms with Gasteiger partial charge in [-0.25, -0.2) is 0 Å². The highest BCUT2D eigenvalue weighted by atomic mass is 16.5. The van der Waals surface area contributed by atoms with Gasteiger partial charge in [0.15, 0.2) is 0 Å². The molecule has 0 bridgehead atoms. The SMILES string of the molecule is CC(C)Oc1cccc(C(=O)NC2(CO)CCC2)c1. The zero-order valence-corrected chi connectivity index (χ0v) is 11.5. The van der Waals surface area contributed by atoms with E-state index in [0.29, 0.717) is 11.3 Å². The molecule has 0 heterocycles. The van der Waals surface area contributed by atoms with Gasteiger partial charge in [0.25, 0.3) is 5.91 Å². The number of hydrogen-bond acceptors (Lipinski definition) is 3. The largest absolute Gasteiger partial charge is 0.491 e. The maximum absolute atomic E-state index is 12.2. The van der Waals surface area contributed by atoms with Crippen LogP contribution in [-0.4, -0.2) is 29.3 Å². The average molecular weight is 263 g/mol. The smallest absolute Gasteiger partial charge is 0.251 e. The molecule has 2 rings (SSSR count). The number of nitrogens with one attached hydrogen (secondary N) is 1. The Kier molecular flexibility index (Phi) is 4.10. The minimum absolute atomic E-state index is 0.000917. The molecule has 1 amide bonds. The van der Waals surface area contributed by atoms with Crippen LogP contribution in [0.25, 0.3) is 0 Å². The van der Waals surface area contributed by atoms with Crippen LogP contribution < -0.4 is 10.1 Å². The Morgan fingerprint density at radius 3 is 2.74 bits per heavy atom. The predicted octanol–water partition coefficient (Wildman–Crippen LogP) is 2.12. The molecule has 4 nitrogen and oxygen atoms in total. The highest BCUT2D eigenvalue weighted by Gasteiger charge is 2.37. The van der Waals surface area contributed by atoms with Gasteiger partial charge in [-0.3, -0.25) is 4.79 Å². The zero-order chi connectivity index (χ0) is 13.9. The Morgan fingerprint density at radius 1 is 1.47 bits per heavy atom. The number of aliphatic hydroxyl groups is 1. The van der Waals surface area contributed by atoms with Crippen LogP contribution in [0.4, 0.5) is 0 Å². The van der Waals surface area contributed by atoms with Gasteiger partial charge in [0.2, 0.25) is 0 Å². The van der Waals surface area contributed by atoms with Crippen LogP contribution in [0.5, 0.6) is 5.75 Å². The first-order valence-electron chi connectivity index (χ1n) is 6.75. The van der Waals surface area contributed by atoms with Crippen molar-refractivity contribution in [2.75, 3.05) is 6.61 Å². The minimum Gasteiger partial charge on any atom is -0.491 e. The lowest BCUT2D eigenvalue weighted by Gasteiger charge is -2.40. The van der Waals surface area contributed by atoms with Gasteiger partial charge in [-0.1, -0.05) is 6.07 Å². The summed E-state index contributed by atoms with van der Waals surface area (Å²) in [5.41, 5.74) is 0.157. The van der Waals surface area contributed by atoms with Crippen molar-refractivity contribution >= 4 is 5.91 Å². The van der Waals surface area contributed by atoms with Crippen molar-refractivity contribution < 1.29 is 14.6 Å². The summed E-state index contributed by atoms with van der Waals surface area (Å²) in [6.45, 7) is 3.89. The topological polar surface area (TPSA) is 58.6 Å². The highest BCUT2D eigenvalue weighted by Crippen LogP contribution is 2.31. The first kappa shape index (κ1) is 13.9. The summed E-state index contributed by atoms with van der Waals surface area (Å²) in [6.07, 6.45) is 2.82. The molecule has 0 radical (unpaired) electrons. The monoisotopic (exact) mass is 263 g/mol. The fraction of sp³-hybridized carbons (Fsp3) is 0.533. The molecule has 0 aromatic heterocycles. The third-order valence-corrected chi connectivity index (χ3v) is 3.46. The van der Waals surface area contributed by atoms with Gasteiger partial charge in [-0.15, -0.1) is 0 Å². The van der Waals surface area contributed by atoms with E-state index in [-0.39, 0.29) is 18.6 Å². The van der Waals surface area contributed by atoms with E-state index in [2.05, 4.69) is 5.32 Å². The molecule has 1 aromatic rings. The van der Waals surface area contributed by atoms with E-state index < -0.39 is 5.54 Å². The number of carbonyl (C=O) groups excluding carboxylic acids is 1. The van der Waals surface area contributed by atoms with Crippen molar-refractivity contribution in [3.05, 3.63) is 29.8 Å². The van der Waals surface area contributed by atoms with Crippen molar-refractivity contribution in [3.8, 4) is 5.75 Å². The van der Waals surface area contributed by atoms with Crippen molar-refractivity contribution in [3.63, 3.8) is 0 Å². The molecule has 0 atom stereocenters. The molecule has 1 aliphatic rings. The van der Waals surface area contributed by atoms with E-state index in [0.717, 1.165) is 19.3 Å². The van der Waals surface area contributed by atoms with E-state index in [1.54, 1.807) is 18.2 Å². The Hall–Kier alpha value is -1.55. The average Bonchev–Trinajstić information content (AvgIpc) is 2.33. The third-order valence-electron chi connectivity index (χ3n) is 3.46. The molecule has 1 fully saturated rings. The normalized spacial score (nSPS) is 16.8. The highest BCUT2D eigenvalue weighted by molar-refractivity contribution is 5.95. The third kappa shape index (κ3) is 3.26. The summed E-state index contributed by atoms with van der Waals surface area (Å²) in [6, 6.07) is 7.13. The van der Waals surface area contributed by atoms with Gasteiger partial charge >= 0.3 is 0 Å². The van der Waals surface area contributed by atoms with Gasteiger partial charge in [0, 0.05) is 5.56 Å². The molecule has 0 aliphatic heterocycles. The predicted molar refractivity (Wildman–Crippen MR) is 73.3 cm³/mol. The van der Waals surface area contributed by atoms with Gasteiger partial charge in [-0.05, 0) is 51.3 Å². The fourth-order valence-corrected chi connectivity index (χ4v) is 2.22. The van der Waals surface area contributed by atoms with Crippen LogP contribution in [0.15, 0.2) is 24.3 Å². The Labute approximate surface area is 113 Å². The number of carbonyl (C=O) groups is 1. The first-order chi connectivity index (χ1) is 9.04. The van der Waals surface area contributed by atoms with Crippen LogP contribution in [0.1, 0.15) is 43.5 Å². The van der Waals surface area contributed by atoms with Crippen LogP contribution >= 0.6 is 0 Å². The second-order valence-corrected chi connectivity index (χ2v) is 5.44. The minimum atomic E-state index is -0.411. The number of hydrogen-bond donors (Lipinski definition) is 2. The number of rotatable bonds is 5. The van der Waals surface area contributed by atoms with Crippen molar-refractivity contribution in [1.29, 1.82) is 0 Å². The number of ether oxygens (including phenoxy) is 1. The van der Waals surface area contributed by atoms with Crippen molar-refractivity contribution in [2.24, 2.45) is 0 Å². The van der Waals surface area contributed by atoms with E-state index in [4.69, 9.17) is 4.74 Å². The molecule has 1 aromatic carbocycles. The summed E-state index contributed by atoms with van der Waals surface area (Å²) in [7, 11) is 0. The van der Waals surface area contributed by atoms with Gasteiger partial charge in [-0.2, -0.15) is 0 Å². The summed E-state index contributed by atoms with van der Waals surface area (Å²) >= 11 is 0. The number of benzene rings is 1. The van der Waals surface area contributed by atoms with E-state index in [1.165, 1.54) is 0 Å². The lowest BCUT2D eigenvalue weighted by atomic mass is 9.77. The van der Waals surface area contributed by atoms with Crippen LogP contribution in [0.2, 0.25) is 0 Å². The standard InChI is InChI=1S/C15H21NO3/c1-11(2)19-13-6-3-5-12(9-13)14(18)16-15(10-17)7-4-8-15/h3,5-6,9,11,17H,4,7-8,10H2,1-2H3,(H,16,18). The molecular weight excluding hydrogens is 242 g/mol. The van der Waals surface area contributed by atoms with Gasteiger partial charge in [0.1, 0.15) is 5.75 Å². The summed E-state index contributed by atoms with van der Waals surface area (Å²) in [5, 5.41) is 12.3. The van der Waals surface area contributed by atoms with Crippen molar-refractivity contribution in [1.82, 2.24) is 5.32 Å². The fourth-order valence-electron chi connectivity index (χ4n) is 2.22. The first-order valence-corrected chi connectivity index (χ1v) is 6.75. The molecule has 4 heteroatoms. The number of aliphatic hydroxyl groups excluding tert-OH is 1. The van der Waals surface area contributed by atoms with Crippen LogP contribution in [0, 0.1) is 0 Å². The summed E-state index contributed by atoms with van der Waals surface area (Å²) < 4.78 is 5.57. The molecule has 0 unspecified atom stereocenters. The Bertz CT molecular complexity index is 447. The van der Waals surface area contributed by atoms with Crippen LogP contribution in [-0.2, 0) is 0 Å². The molecule has 0 spiro atoms. The lowest BCUT2D eigenvalue weighted by Crippen LogP contribution is -2.56. The van der Waals surface area contributed by atoms with Crippen molar-refractivity contribution in [2.45, 2.75) is 44.8 Å². The molecule has 1 aliphatic carbocycles. The van der Waals surface area contributed by atoms with Crippen LogP contribution in [0.3, 0.4) is 0 Å². The van der Waals surface area contributed by atoms with E-state index in [9.17, 15) is 9.90 Å². The molecule has 19 heavy (non-hydrogen) atoms.